The molecule has 0 atom stereocenters. The molecule has 0 saturated heterocycles. The minimum absolute atomic E-state index is 0.151. The van der Waals surface area contributed by atoms with Crippen molar-refractivity contribution >= 4 is 17.4 Å². The quantitative estimate of drug-likeness (QED) is 0.871. The summed E-state index contributed by atoms with van der Waals surface area (Å²) in [7, 11) is 0. The van der Waals surface area contributed by atoms with Crippen molar-refractivity contribution in [3.63, 3.8) is 0 Å². The van der Waals surface area contributed by atoms with Gasteiger partial charge in [0.15, 0.2) is 0 Å². The number of benzene rings is 1. The first-order chi connectivity index (χ1) is 8.95. The van der Waals surface area contributed by atoms with Crippen molar-refractivity contribution < 1.29 is 9.18 Å². The number of rotatable bonds is 2. The highest BCUT2D eigenvalue weighted by atomic mass is 19.1. The fourth-order valence-electron chi connectivity index (χ4n) is 1.75. The number of nitrogen functional groups attached to an aromatic ring is 1. The Balaban J connectivity index is 2.28. The second-order valence-corrected chi connectivity index (χ2v) is 4.36. The average Bonchev–Trinajstić information content (AvgIpc) is 2.32. The minimum Gasteiger partial charge on any atom is -0.384 e. The van der Waals surface area contributed by atoms with Crippen LogP contribution in [0, 0.1) is 19.7 Å². The predicted octanol–water partition coefficient (Wildman–Crippen LogP) is 2.67. The molecule has 0 bridgehead atoms. The Hall–Kier alpha value is -2.43. The van der Waals surface area contributed by atoms with E-state index in [1.165, 1.54) is 12.1 Å². The monoisotopic (exact) mass is 259 g/mol. The zero-order chi connectivity index (χ0) is 14.0. The summed E-state index contributed by atoms with van der Waals surface area (Å²) in [6, 6.07) is 7.58. The molecule has 1 aromatic carbocycles. The summed E-state index contributed by atoms with van der Waals surface area (Å²) in [6.45, 7) is 3.56. The highest BCUT2D eigenvalue weighted by molar-refractivity contribution is 6.04. The van der Waals surface area contributed by atoms with Crippen LogP contribution in [0.5, 0.6) is 0 Å². The van der Waals surface area contributed by atoms with Gasteiger partial charge in [0.1, 0.15) is 11.6 Å². The first-order valence-electron chi connectivity index (χ1n) is 5.77. The summed E-state index contributed by atoms with van der Waals surface area (Å²) >= 11 is 0. The number of pyridine rings is 1. The molecule has 0 unspecified atom stereocenters. The van der Waals surface area contributed by atoms with Gasteiger partial charge in [0, 0.05) is 11.3 Å². The van der Waals surface area contributed by atoms with Crippen LogP contribution in [0.1, 0.15) is 21.6 Å². The van der Waals surface area contributed by atoms with E-state index >= 15 is 0 Å². The van der Waals surface area contributed by atoms with Gasteiger partial charge in [-0.25, -0.2) is 9.37 Å². The van der Waals surface area contributed by atoms with Crippen LogP contribution in [0.3, 0.4) is 0 Å². The Bertz CT molecular complexity index is 620. The van der Waals surface area contributed by atoms with Gasteiger partial charge in [-0.05, 0) is 43.7 Å². The van der Waals surface area contributed by atoms with Crippen LogP contribution < -0.4 is 11.1 Å². The number of carbonyl (C=O) groups is 1. The average molecular weight is 259 g/mol. The fraction of sp³-hybridized carbons (Fsp3) is 0.143. The normalized spacial score (nSPS) is 10.3. The molecule has 0 radical (unpaired) electrons. The Kier molecular flexibility index (Phi) is 3.46. The number of nitrogens with one attached hydrogen (secondary N) is 1. The highest BCUT2D eigenvalue weighted by Gasteiger charge is 2.11. The van der Waals surface area contributed by atoms with Gasteiger partial charge < -0.3 is 11.1 Å². The molecule has 1 heterocycles. The number of amides is 1. The fourth-order valence-corrected chi connectivity index (χ4v) is 1.75. The van der Waals surface area contributed by atoms with Gasteiger partial charge in [0.05, 0.1) is 5.69 Å². The molecule has 0 fully saturated rings. The molecule has 0 aliphatic heterocycles. The number of aryl methyl sites for hydroxylation is 2. The number of anilines is 2. The zero-order valence-corrected chi connectivity index (χ0v) is 10.7. The van der Waals surface area contributed by atoms with Gasteiger partial charge >= 0.3 is 0 Å². The number of hydrogen-bond acceptors (Lipinski definition) is 3. The third kappa shape index (κ3) is 3.07. The number of carbonyl (C=O) groups excluding carboxylic acids is 1. The lowest BCUT2D eigenvalue weighted by Gasteiger charge is -2.08. The van der Waals surface area contributed by atoms with Gasteiger partial charge in [0.2, 0.25) is 0 Å². The molecular formula is C14H14FN3O. The van der Waals surface area contributed by atoms with E-state index in [0.29, 0.717) is 11.3 Å². The number of nitrogens with zero attached hydrogens (tertiary/aromatic N) is 1. The van der Waals surface area contributed by atoms with Gasteiger partial charge in [-0.3, -0.25) is 4.79 Å². The molecule has 1 aromatic heterocycles. The van der Waals surface area contributed by atoms with Crippen LogP contribution in [0.15, 0.2) is 30.3 Å². The number of aromatic nitrogens is 1. The van der Waals surface area contributed by atoms with Crippen LogP contribution in [0.2, 0.25) is 0 Å². The molecule has 0 spiro atoms. The first kappa shape index (κ1) is 13.0. The van der Waals surface area contributed by atoms with E-state index in [0.717, 1.165) is 5.56 Å². The Labute approximate surface area is 110 Å². The Morgan fingerprint density at radius 2 is 2.00 bits per heavy atom. The largest absolute Gasteiger partial charge is 0.384 e. The molecule has 4 nitrogen and oxygen atoms in total. The van der Waals surface area contributed by atoms with Crippen molar-refractivity contribution in [2.24, 2.45) is 0 Å². The predicted molar refractivity (Wildman–Crippen MR) is 72.5 cm³/mol. The maximum absolute atomic E-state index is 13.6. The summed E-state index contributed by atoms with van der Waals surface area (Å²) in [5.74, 6) is -0.630. The van der Waals surface area contributed by atoms with Crippen molar-refractivity contribution in [2.45, 2.75) is 13.8 Å². The molecular weight excluding hydrogens is 245 g/mol. The van der Waals surface area contributed by atoms with E-state index in [4.69, 9.17) is 5.73 Å². The van der Waals surface area contributed by atoms with Crippen LogP contribution >= 0.6 is 0 Å². The third-order valence-electron chi connectivity index (χ3n) is 2.61. The van der Waals surface area contributed by atoms with Crippen LogP contribution in [0.25, 0.3) is 0 Å². The van der Waals surface area contributed by atoms with E-state index in [9.17, 15) is 9.18 Å². The topological polar surface area (TPSA) is 68.0 Å². The zero-order valence-electron chi connectivity index (χ0n) is 10.7. The SMILES string of the molecule is Cc1ccc(F)c(NC(=O)c2cc(C)nc(N)c2)c1. The molecule has 19 heavy (non-hydrogen) atoms. The van der Waals surface area contributed by atoms with Crippen molar-refractivity contribution in [3.8, 4) is 0 Å². The number of halogens is 1. The molecule has 98 valence electrons. The second kappa shape index (κ2) is 5.06. The van der Waals surface area contributed by atoms with Gasteiger partial charge in [-0.1, -0.05) is 6.07 Å². The van der Waals surface area contributed by atoms with Crippen LogP contribution in [-0.2, 0) is 0 Å². The van der Waals surface area contributed by atoms with Gasteiger partial charge in [-0.2, -0.15) is 0 Å². The van der Waals surface area contributed by atoms with E-state index in [1.54, 1.807) is 25.1 Å². The maximum atomic E-state index is 13.6. The van der Waals surface area contributed by atoms with E-state index in [-0.39, 0.29) is 11.5 Å². The lowest BCUT2D eigenvalue weighted by atomic mass is 10.2. The summed E-state index contributed by atoms with van der Waals surface area (Å²) < 4.78 is 13.6. The van der Waals surface area contributed by atoms with Crippen LogP contribution in [-0.4, -0.2) is 10.9 Å². The molecule has 0 aliphatic carbocycles. The van der Waals surface area contributed by atoms with Gasteiger partial charge in [-0.15, -0.1) is 0 Å². The first-order valence-corrected chi connectivity index (χ1v) is 5.77. The second-order valence-electron chi connectivity index (χ2n) is 4.36. The van der Waals surface area contributed by atoms with Crippen LogP contribution in [0.4, 0.5) is 15.9 Å². The van der Waals surface area contributed by atoms with Crippen molar-refractivity contribution in [3.05, 3.63) is 53.0 Å². The van der Waals surface area contributed by atoms with E-state index in [1.807, 2.05) is 6.92 Å². The highest BCUT2D eigenvalue weighted by Crippen LogP contribution is 2.17. The lowest BCUT2D eigenvalue weighted by molar-refractivity contribution is 0.102. The van der Waals surface area contributed by atoms with Crippen molar-refractivity contribution in [2.75, 3.05) is 11.1 Å². The van der Waals surface area contributed by atoms with Crippen molar-refractivity contribution in [1.29, 1.82) is 0 Å². The molecule has 2 rings (SSSR count). The molecule has 2 aromatic rings. The van der Waals surface area contributed by atoms with E-state index < -0.39 is 11.7 Å². The summed E-state index contributed by atoms with van der Waals surface area (Å²) in [5.41, 5.74) is 7.58. The Morgan fingerprint density at radius 1 is 1.26 bits per heavy atom. The maximum Gasteiger partial charge on any atom is 0.255 e. The number of hydrogen-bond donors (Lipinski definition) is 2. The van der Waals surface area contributed by atoms with Gasteiger partial charge in [0.25, 0.3) is 5.91 Å². The lowest BCUT2D eigenvalue weighted by Crippen LogP contribution is -2.14. The summed E-state index contributed by atoms with van der Waals surface area (Å²) in [5, 5.41) is 2.52. The molecule has 3 N–H and O–H groups in total. The molecule has 0 aliphatic rings. The standard InChI is InChI=1S/C14H14FN3O/c1-8-3-4-11(15)12(5-8)18-14(19)10-6-9(2)17-13(16)7-10/h3-7H,1-2H3,(H2,16,17)(H,18,19). The molecule has 5 heteroatoms. The Morgan fingerprint density at radius 3 is 2.68 bits per heavy atom. The third-order valence-corrected chi connectivity index (χ3v) is 2.61. The minimum atomic E-state index is -0.474. The molecule has 0 saturated carbocycles. The summed E-state index contributed by atoms with van der Waals surface area (Å²) in [6.07, 6.45) is 0. The number of nitrogens with two attached hydrogens (primary N) is 1. The smallest absolute Gasteiger partial charge is 0.255 e. The molecule has 1 amide bonds. The van der Waals surface area contributed by atoms with Crippen molar-refractivity contribution in [1.82, 2.24) is 4.98 Å². The van der Waals surface area contributed by atoms with E-state index in [2.05, 4.69) is 10.3 Å². The summed E-state index contributed by atoms with van der Waals surface area (Å²) in [4.78, 5) is 16.0.